The van der Waals surface area contributed by atoms with Gasteiger partial charge in [-0.25, -0.2) is 4.79 Å². The summed E-state index contributed by atoms with van der Waals surface area (Å²) in [4.78, 5) is 11.5. The van der Waals surface area contributed by atoms with Gasteiger partial charge in [-0.2, -0.15) is 0 Å². The topological polar surface area (TPSA) is 64.3 Å². The number of anilines is 2. The van der Waals surface area contributed by atoms with Crippen LogP contribution < -0.4 is 11.1 Å². The van der Waals surface area contributed by atoms with Crippen LogP contribution in [0.1, 0.15) is 37.6 Å². The Bertz CT molecular complexity index is 418. The summed E-state index contributed by atoms with van der Waals surface area (Å²) in [5.41, 5.74) is 7.48. The van der Waals surface area contributed by atoms with Crippen LogP contribution in [0.3, 0.4) is 0 Å². The quantitative estimate of drug-likeness (QED) is 0.623. The van der Waals surface area contributed by atoms with Crippen LogP contribution in [0, 0.1) is 5.92 Å². The first-order valence-electron chi connectivity index (χ1n) is 6.24. The van der Waals surface area contributed by atoms with Crippen LogP contribution in [0.4, 0.5) is 11.4 Å². The van der Waals surface area contributed by atoms with Crippen LogP contribution >= 0.6 is 0 Å². The van der Waals surface area contributed by atoms with Crippen molar-refractivity contribution in [3.05, 3.63) is 23.8 Å². The van der Waals surface area contributed by atoms with Gasteiger partial charge in [0.25, 0.3) is 0 Å². The number of hydrogen-bond donors (Lipinski definition) is 2. The lowest BCUT2D eigenvalue weighted by Crippen LogP contribution is -2.23. The fraction of sp³-hybridized carbons (Fsp3) is 0.500. The summed E-state index contributed by atoms with van der Waals surface area (Å²) in [6.07, 6.45) is 1.10. The number of nitrogen functional groups attached to an aromatic ring is 1. The minimum Gasteiger partial charge on any atom is -0.465 e. The van der Waals surface area contributed by atoms with Crippen molar-refractivity contribution < 1.29 is 9.53 Å². The monoisotopic (exact) mass is 250 g/mol. The number of carbonyl (C=O) groups is 1. The lowest BCUT2D eigenvalue weighted by molar-refractivity contribution is 0.0602. The number of nitrogens with two attached hydrogens (primary N) is 1. The van der Waals surface area contributed by atoms with E-state index < -0.39 is 5.97 Å². The summed E-state index contributed by atoms with van der Waals surface area (Å²) < 4.78 is 4.70. The molecule has 2 unspecified atom stereocenters. The largest absolute Gasteiger partial charge is 0.465 e. The zero-order valence-electron chi connectivity index (χ0n) is 11.5. The van der Waals surface area contributed by atoms with E-state index in [-0.39, 0.29) is 0 Å². The van der Waals surface area contributed by atoms with E-state index in [0.717, 1.165) is 12.1 Å². The number of rotatable bonds is 5. The molecule has 0 amide bonds. The number of esters is 1. The van der Waals surface area contributed by atoms with E-state index >= 15 is 0 Å². The van der Waals surface area contributed by atoms with E-state index in [1.54, 1.807) is 12.1 Å². The molecule has 0 aliphatic rings. The maximum absolute atomic E-state index is 11.5. The van der Waals surface area contributed by atoms with Gasteiger partial charge in [0, 0.05) is 17.4 Å². The summed E-state index contributed by atoms with van der Waals surface area (Å²) in [5, 5.41) is 3.38. The number of nitrogens with one attached hydrogen (secondary N) is 1. The van der Waals surface area contributed by atoms with Gasteiger partial charge >= 0.3 is 5.97 Å². The third kappa shape index (κ3) is 3.39. The van der Waals surface area contributed by atoms with E-state index in [1.807, 2.05) is 6.07 Å². The molecule has 18 heavy (non-hydrogen) atoms. The van der Waals surface area contributed by atoms with Crippen LogP contribution in [-0.2, 0) is 4.74 Å². The predicted octanol–water partition coefficient (Wildman–Crippen LogP) is 2.90. The van der Waals surface area contributed by atoms with Crippen LogP contribution in [0.25, 0.3) is 0 Å². The van der Waals surface area contributed by atoms with Crippen molar-refractivity contribution in [1.29, 1.82) is 0 Å². The molecule has 100 valence electrons. The Morgan fingerprint density at radius 3 is 2.67 bits per heavy atom. The van der Waals surface area contributed by atoms with E-state index in [2.05, 4.69) is 26.1 Å². The molecule has 0 aliphatic carbocycles. The number of ether oxygens (including phenoxy) is 1. The number of carbonyl (C=O) groups excluding carboxylic acids is 1. The SMILES string of the molecule is CCC(C)C(C)Nc1ccc(N)c(C(=O)OC)c1. The first-order valence-corrected chi connectivity index (χ1v) is 6.24. The number of methoxy groups -OCH3 is 1. The fourth-order valence-corrected chi connectivity index (χ4v) is 1.69. The summed E-state index contributed by atoms with van der Waals surface area (Å²) >= 11 is 0. The summed E-state index contributed by atoms with van der Waals surface area (Å²) in [5.74, 6) is 0.150. The molecule has 0 radical (unpaired) electrons. The molecule has 1 rings (SSSR count). The van der Waals surface area contributed by atoms with Crippen molar-refractivity contribution in [3.8, 4) is 0 Å². The highest BCUT2D eigenvalue weighted by atomic mass is 16.5. The molecule has 0 saturated heterocycles. The van der Waals surface area contributed by atoms with Gasteiger partial charge in [-0.3, -0.25) is 0 Å². The van der Waals surface area contributed by atoms with Gasteiger partial charge in [-0.1, -0.05) is 20.3 Å². The molecular formula is C14H22N2O2. The lowest BCUT2D eigenvalue weighted by Gasteiger charge is -2.21. The Labute approximate surface area is 109 Å². The third-order valence-electron chi connectivity index (χ3n) is 3.35. The van der Waals surface area contributed by atoms with Gasteiger partial charge < -0.3 is 15.8 Å². The van der Waals surface area contributed by atoms with Crippen LogP contribution in [0.5, 0.6) is 0 Å². The van der Waals surface area contributed by atoms with Crippen LogP contribution in [0.15, 0.2) is 18.2 Å². The van der Waals surface area contributed by atoms with E-state index in [1.165, 1.54) is 7.11 Å². The zero-order valence-corrected chi connectivity index (χ0v) is 11.5. The Hall–Kier alpha value is -1.71. The molecule has 0 aliphatic heterocycles. The molecule has 0 saturated carbocycles. The minimum atomic E-state index is -0.410. The third-order valence-corrected chi connectivity index (χ3v) is 3.35. The summed E-state index contributed by atoms with van der Waals surface area (Å²) in [6.45, 7) is 6.48. The average molecular weight is 250 g/mol. The smallest absolute Gasteiger partial charge is 0.340 e. The molecule has 0 spiro atoms. The zero-order chi connectivity index (χ0) is 13.7. The molecule has 4 heteroatoms. The second-order valence-electron chi connectivity index (χ2n) is 4.61. The molecule has 1 aromatic rings. The fourth-order valence-electron chi connectivity index (χ4n) is 1.69. The Morgan fingerprint density at radius 2 is 2.11 bits per heavy atom. The van der Waals surface area contributed by atoms with Crippen molar-refractivity contribution >= 4 is 17.3 Å². The van der Waals surface area contributed by atoms with Gasteiger partial charge in [0.15, 0.2) is 0 Å². The predicted molar refractivity (Wildman–Crippen MR) is 74.7 cm³/mol. The molecule has 3 N–H and O–H groups in total. The molecule has 1 aromatic carbocycles. The average Bonchev–Trinajstić information content (AvgIpc) is 2.38. The maximum atomic E-state index is 11.5. The second kappa shape index (κ2) is 6.28. The molecular weight excluding hydrogens is 228 g/mol. The summed E-state index contributed by atoms with van der Waals surface area (Å²) in [6, 6.07) is 5.67. The first-order chi connectivity index (χ1) is 8.49. The van der Waals surface area contributed by atoms with Gasteiger partial charge in [-0.05, 0) is 31.0 Å². The van der Waals surface area contributed by atoms with Gasteiger partial charge in [-0.15, -0.1) is 0 Å². The normalized spacial score (nSPS) is 13.8. The van der Waals surface area contributed by atoms with Crippen molar-refractivity contribution in [3.63, 3.8) is 0 Å². The van der Waals surface area contributed by atoms with Gasteiger partial charge in [0.2, 0.25) is 0 Å². The number of benzene rings is 1. The van der Waals surface area contributed by atoms with E-state index in [0.29, 0.717) is 23.2 Å². The van der Waals surface area contributed by atoms with Crippen molar-refractivity contribution in [2.75, 3.05) is 18.2 Å². The second-order valence-corrected chi connectivity index (χ2v) is 4.61. The van der Waals surface area contributed by atoms with Gasteiger partial charge in [0.05, 0.1) is 12.7 Å². The Morgan fingerprint density at radius 1 is 1.44 bits per heavy atom. The molecule has 0 bridgehead atoms. The molecule has 4 nitrogen and oxygen atoms in total. The maximum Gasteiger partial charge on any atom is 0.340 e. The van der Waals surface area contributed by atoms with Gasteiger partial charge in [0.1, 0.15) is 0 Å². The van der Waals surface area contributed by atoms with E-state index in [4.69, 9.17) is 10.5 Å². The van der Waals surface area contributed by atoms with Crippen LogP contribution in [-0.4, -0.2) is 19.1 Å². The van der Waals surface area contributed by atoms with Crippen LogP contribution in [0.2, 0.25) is 0 Å². The molecule has 0 heterocycles. The standard InChI is InChI=1S/C14H22N2O2/c1-5-9(2)10(3)16-11-6-7-13(15)12(8-11)14(17)18-4/h6-10,16H,5,15H2,1-4H3. The molecule has 0 fully saturated rings. The van der Waals surface area contributed by atoms with Crippen molar-refractivity contribution in [1.82, 2.24) is 0 Å². The van der Waals surface area contributed by atoms with E-state index in [9.17, 15) is 4.79 Å². The summed E-state index contributed by atoms with van der Waals surface area (Å²) in [7, 11) is 1.35. The lowest BCUT2D eigenvalue weighted by atomic mass is 10.0. The highest BCUT2D eigenvalue weighted by Gasteiger charge is 2.13. The minimum absolute atomic E-state index is 0.337. The first kappa shape index (κ1) is 14.4. The molecule has 0 aromatic heterocycles. The van der Waals surface area contributed by atoms with Crippen molar-refractivity contribution in [2.45, 2.75) is 33.2 Å². The molecule has 2 atom stereocenters. The van der Waals surface area contributed by atoms with Crippen molar-refractivity contribution in [2.24, 2.45) is 5.92 Å². The highest BCUT2D eigenvalue weighted by molar-refractivity contribution is 5.96. The Balaban J connectivity index is 2.88. The number of hydrogen-bond acceptors (Lipinski definition) is 4. The highest BCUT2D eigenvalue weighted by Crippen LogP contribution is 2.21. The Kier molecular flexibility index (Phi) is 5.01.